The van der Waals surface area contributed by atoms with Crippen molar-refractivity contribution in [2.24, 2.45) is 11.7 Å². The highest BCUT2D eigenvalue weighted by atomic mass is 16.2. The van der Waals surface area contributed by atoms with Crippen LogP contribution >= 0.6 is 0 Å². The Morgan fingerprint density at radius 2 is 1.74 bits per heavy atom. The molecule has 0 aliphatic carbocycles. The van der Waals surface area contributed by atoms with E-state index in [4.69, 9.17) is 5.73 Å². The molecule has 0 unspecified atom stereocenters. The minimum atomic E-state index is -0.436. The molecule has 3 atom stereocenters. The molecule has 1 saturated heterocycles. The standard InChI is InChI=1S/C24H31N5O2/c1-15-16(2)29(17(3)30)22-9-8-20(28-12-10-26-11-13-28)14-21(22)23(15)27-19-6-4-18(5-7-19)24(25)31/h4-9,14-16,23,26-27H,10-13H2,1-3H3,(H2,25,31)/t15-,16-,23+/m0/s1. The number of nitrogens with one attached hydrogen (secondary N) is 2. The van der Waals surface area contributed by atoms with Crippen LogP contribution in [0.15, 0.2) is 42.5 Å². The highest BCUT2D eigenvalue weighted by Crippen LogP contribution is 2.44. The smallest absolute Gasteiger partial charge is 0.248 e. The lowest BCUT2D eigenvalue weighted by Gasteiger charge is -2.44. The van der Waals surface area contributed by atoms with E-state index in [1.54, 1.807) is 19.1 Å². The van der Waals surface area contributed by atoms with Crippen molar-refractivity contribution in [2.75, 3.05) is 41.3 Å². The molecule has 4 rings (SSSR count). The van der Waals surface area contributed by atoms with E-state index in [9.17, 15) is 9.59 Å². The molecule has 0 aromatic heterocycles. The predicted octanol–water partition coefficient (Wildman–Crippen LogP) is 2.74. The first-order valence-electron chi connectivity index (χ1n) is 10.9. The topological polar surface area (TPSA) is 90.7 Å². The average molecular weight is 422 g/mol. The number of nitrogens with two attached hydrogens (primary N) is 1. The maximum absolute atomic E-state index is 12.5. The summed E-state index contributed by atoms with van der Waals surface area (Å²) in [5.41, 5.74) is 10.0. The van der Waals surface area contributed by atoms with E-state index in [0.29, 0.717) is 5.56 Å². The van der Waals surface area contributed by atoms with Gasteiger partial charge < -0.3 is 26.2 Å². The number of hydrogen-bond acceptors (Lipinski definition) is 5. The number of carbonyl (C=O) groups is 2. The van der Waals surface area contributed by atoms with Crippen molar-refractivity contribution >= 4 is 28.9 Å². The monoisotopic (exact) mass is 421 g/mol. The Morgan fingerprint density at radius 3 is 2.35 bits per heavy atom. The van der Waals surface area contributed by atoms with Crippen LogP contribution in [0.25, 0.3) is 0 Å². The molecule has 7 heteroatoms. The number of carbonyl (C=O) groups excluding carboxylic acids is 2. The Labute approximate surface area is 183 Å². The van der Waals surface area contributed by atoms with E-state index in [0.717, 1.165) is 43.1 Å². The van der Waals surface area contributed by atoms with Crippen molar-refractivity contribution in [3.05, 3.63) is 53.6 Å². The molecular formula is C24H31N5O2. The minimum absolute atomic E-state index is 0.0305. The van der Waals surface area contributed by atoms with E-state index >= 15 is 0 Å². The van der Waals surface area contributed by atoms with Gasteiger partial charge in [0.15, 0.2) is 0 Å². The second-order valence-corrected chi connectivity index (χ2v) is 8.53. The van der Waals surface area contributed by atoms with Gasteiger partial charge in [0, 0.05) is 73.3 Å². The van der Waals surface area contributed by atoms with Gasteiger partial charge in [-0.25, -0.2) is 0 Å². The Kier molecular flexibility index (Phi) is 5.87. The first-order chi connectivity index (χ1) is 14.9. The lowest BCUT2D eigenvalue weighted by atomic mass is 9.82. The summed E-state index contributed by atoms with van der Waals surface area (Å²) in [6, 6.07) is 13.8. The predicted molar refractivity (Wildman–Crippen MR) is 125 cm³/mol. The lowest BCUT2D eigenvalue weighted by molar-refractivity contribution is -0.117. The van der Waals surface area contributed by atoms with Crippen molar-refractivity contribution in [1.29, 1.82) is 0 Å². The van der Waals surface area contributed by atoms with Crippen LogP contribution in [0.4, 0.5) is 17.1 Å². The van der Waals surface area contributed by atoms with Gasteiger partial charge in [0.1, 0.15) is 0 Å². The normalized spacial score (nSPS) is 23.3. The molecule has 164 valence electrons. The molecule has 0 spiro atoms. The van der Waals surface area contributed by atoms with Crippen molar-refractivity contribution in [3.8, 4) is 0 Å². The molecule has 2 amide bonds. The summed E-state index contributed by atoms with van der Waals surface area (Å²) in [7, 11) is 0. The molecule has 2 aromatic carbocycles. The van der Waals surface area contributed by atoms with Crippen molar-refractivity contribution in [2.45, 2.75) is 32.9 Å². The van der Waals surface area contributed by atoms with Gasteiger partial charge in [-0.2, -0.15) is 0 Å². The molecule has 2 aromatic rings. The van der Waals surface area contributed by atoms with Crippen LogP contribution in [0.5, 0.6) is 0 Å². The molecule has 2 heterocycles. The number of nitrogens with zero attached hydrogens (tertiary/aromatic N) is 2. The summed E-state index contributed by atoms with van der Waals surface area (Å²) in [6.07, 6.45) is 0. The van der Waals surface area contributed by atoms with E-state index in [1.165, 1.54) is 5.69 Å². The van der Waals surface area contributed by atoms with Gasteiger partial charge in [-0.05, 0) is 49.4 Å². The van der Waals surface area contributed by atoms with Gasteiger partial charge in [-0.15, -0.1) is 0 Å². The number of amides is 2. The zero-order valence-corrected chi connectivity index (χ0v) is 18.4. The summed E-state index contributed by atoms with van der Waals surface area (Å²) in [5, 5.41) is 7.05. The van der Waals surface area contributed by atoms with Crippen molar-refractivity contribution in [3.63, 3.8) is 0 Å². The van der Waals surface area contributed by atoms with Crippen LogP contribution in [0, 0.1) is 5.92 Å². The zero-order valence-electron chi connectivity index (χ0n) is 18.4. The average Bonchev–Trinajstić information content (AvgIpc) is 2.77. The second-order valence-electron chi connectivity index (χ2n) is 8.53. The van der Waals surface area contributed by atoms with Gasteiger partial charge in [0.25, 0.3) is 0 Å². The fourth-order valence-electron chi connectivity index (χ4n) is 4.72. The number of piperazine rings is 1. The van der Waals surface area contributed by atoms with Gasteiger partial charge >= 0.3 is 0 Å². The SMILES string of the molecule is CC(=O)N1c2ccc(N3CCNCC3)cc2[C@H](Nc2ccc(C(N)=O)cc2)[C@@H](C)[C@@H]1C. The van der Waals surface area contributed by atoms with Crippen LogP contribution < -0.4 is 26.2 Å². The highest BCUT2D eigenvalue weighted by Gasteiger charge is 2.38. The number of anilines is 3. The summed E-state index contributed by atoms with van der Waals surface area (Å²) < 4.78 is 0. The first kappa shape index (κ1) is 21.2. The third-order valence-electron chi connectivity index (χ3n) is 6.61. The van der Waals surface area contributed by atoms with Crippen molar-refractivity contribution in [1.82, 2.24) is 5.32 Å². The molecule has 0 saturated carbocycles. The number of hydrogen-bond donors (Lipinski definition) is 3. The van der Waals surface area contributed by atoms with Crippen LogP contribution in [0.3, 0.4) is 0 Å². The van der Waals surface area contributed by atoms with Crippen LogP contribution in [0.2, 0.25) is 0 Å². The van der Waals surface area contributed by atoms with Crippen molar-refractivity contribution < 1.29 is 9.59 Å². The zero-order chi connectivity index (χ0) is 22.1. The molecule has 7 nitrogen and oxygen atoms in total. The Morgan fingerprint density at radius 1 is 1.06 bits per heavy atom. The Balaban J connectivity index is 1.72. The second kappa shape index (κ2) is 8.59. The van der Waals surface area contributed by atoms with Gasteiger partial charge in [-0.3, -0.25) is 9.59 Å². The van der Waals surface area contributed by atoms with E-state index in [1.807, 2.05) is 17.0 Å². The van der Waals surface area contributed by atoms with Crippen LogP contribution in [-0.2, 0) is 4.79 Å². The molecule has 2 aliphatic rings. The lowest BCUT2D eigenvalue weighted by Crippen LogP contribution is -2.48. The number of fused-ring (bicyclic) bond motifs is 1. The summed E-state index contributed by atoms with van der Waals surface area (Å²) in [4.78, 5) is 28.2. The van der Waals surface area contributed by atoms with Gasteiger partial charge in [0.2, 0.25) is 11.8 Å². The fraction of sp³-hybridized carbons (Fsp3) is 0.417. The van der Waals surface area contributed by atoms with E-state index in [2.05, 4.69) is 47.6 Å². The number of rotatable bonds is 4. The third kappa shape index (κ3) is 4.10. The Bertz CT molecular complexity index is 968. The number of benzene rings is 2. The molecule has 2 aliphatic heterocycles. The van der Waals surface area contributed by atoms with Crippen LogP contribution in [-0.4, -0.2) is 44.0 Å². The highest BCUT2D eigenvalue weighted by molar-refractivity contribution is 5.94. The maximum atomic E-state index is 12.5. The maximum Gasteiger partial charge on any atom is 0.248 e. The van der Waals surface area contributed by atoms with E-state index < -0.39 is 5.91 Å². The summed E-state index contributed by atoms with van der Waals surface area (Å²) >= 11 is 0. The quantitative estimate of drug-likeness (QED) is 0.706. The minimum Gasteiger partial charge on any atom is -0.378 e. The Hall–Kier alpha value is -3.06. The van der Waals surface area contributed by atoms with Gasteiger partial charge in [-0.1, -0.05) is 6.92 Å². The molecule has 4 N–H and O–H groups in total. The summed E-state index contributed by atoms with van der Waals surface area (Å²) in [5.74, 6) is -0.195. The molecular weight excluding hydrogens is 390 g/mol. The van der Waals surface area contributed by atoms with Crippen LogP contribution in [0.1, 0.15) is 42.7 Å². The van der Waals surface area contributed by atoms with Gasteiger partial charge in [0.05, 0.1) is 6.04 Å². The molecule has 0 radical (unpaired) electrons. The first-order valence-corrected chi connectivity index (χ1v) is 10.9. The fourth-order valence-corrected chi connectivity index (χ4v) is 4.72. The van der Waals surface area contributed by atoms with E-state index in [-0.39, 0.29) is 23.9 Å². The number of primary amides is 1. The molecule has 0 bridgehead atoms. The summed E-state index contributed by atoms with van der Waals surface area (Å²) in [6.45, 7) is 9.78. The third-order valence-corrected chi connectivity index (χ3v) is 6.61. The molecule has 1 fully saturated rings. The largest absolute Gasteiger partial charge is 0.378 e. The molecule has 31 heavy (non-hydrogen) atoms.